The second-order valence-electron chi connectivity index (χ2n) is 7.96. The van der Waals surface area contributed by atoms with Crippen LogP contribution in [0.15, 0.2) is 42.6 Å². The van der Waals surface area contributed by atoms with Gasteiger partial charge in [0.15, 0.2) is 0 Å². The van der Waals surface area contributed by atoms with Gasteiger partial charge >= 0.3 is 0 Å². The predicted octanol–water partition coefficient (Wildman–Crippen LogP) is 2.91. The van der Waals surface area contributed by atoms with Gasteiger partial charge in [-0.05, 0) is 63.4 Å². The number of methoxy groups -OCH3 is 1. The first-order valence-corrected chi connectivity index (χ1v) is 11.7. The smallest absolute Gasteiger partial charge is 0.269 e. The molecule has 192 valence electrons. The zero-order valence-corrected chi connectivity index (χ0v) is 20.3. The van der Waals surface area contributed by atoms with E-state index in [2.05, 4.69) is 15.6 Å². The highest BCUT2D eigenvalue weighted by Gasteiger charge is 2.28. The Morgan fingerprint density at radius 2 is 2.00 bits per heavy atom. The average Bonchev–Trinajstić information content (AvgIpc) is 3.30. The van der Waals surface area contributed by atoms with Gasteiger partial charge in [0.25, 0.3) is 11.8 Å². The first kappa shape index (κ1) is 28.2. The van der Waals surface area contributed by atoms with Gasteiger partial charge in [-0.1, -0.05) is 6.07 Å². The molecule has 1 fully saturated rings. The van der Waals surface area contributed by atoms with E-state index in [9.17, 15) is 14.0 Å². The molecule has 1 aromatic heterocycles. The molecule has 2 atom stereocenters. The van der Waals surface area contributed by atoms with E-state index in [0.717, 1.165) is 12.8 Å². The molecule has 10 heteroatoms. The maximum Gasteiger partial charge on any atom is 0.269 e. The van der Waals surface area contributed by atoms with E-state index in [1.54, 1.807) is 24.3 Å². The molecule has 1 aromatic carbocycles. The fourth-order valence-corrected chi connectivity index (χ4v) is 3.20. The second kappa shape index (κ2) is 15.8. The number of halogens is 1. The standard InChI is InChI=1S/C18H28N4O4.C7H7FO/c1-13-4-5-16(26-13)18(24)22-14-6-9-20-15(12-14)17(23)21-8-3-11-25-10-2-7-19;1-9-7-4-2-3-6(8)5-7/h6,9,12-13,16H,2-5,7-8,10-11,19H2,1H3,(H,21,23)(H,20,22,24);2-5H,1H3. The molecule has 35 heavy (non-hydrogen) atoms. The van der Waals surface area contributed by atoms with Crippen LogP contribution in [0.4, 0.5) is 10.1 Å². The number of nitrogens with one attached hydrogen (secondary N) is 2. The van der Waals surface area contributed by atoms with E-state index in [1.165, 1.54) is 25.4 Å². The highest BCUT2D eigenvalue weighted by Crippen LogP contribution is 2.20. The van der Waals surface area contributed by atoms with Crippen molar-refractivity contribution in [1.29, 1.82) is 0 Å². The van der Waals surface area contributed by atoms with Crippen LogP contribution in [0, 0.1) is 5.82 Å². The van der Waals surface area contributed by atoms with Crippen molar-refractivity contribution in [1.82, 2.24) is 10.3 Å². The van der Waals surface area contributed by atoms with Crippen molar-refractivity contribution in [3.8, 4) is 5.75 Å². The average molecular weight is 491 g/mol. The van der Waals surface area contributed by atoms with Gasteiger partial charge in [0.05, 0.1) is 13.2 Å². The van der Waals surface area contributed by atoms with Gasteiger partial charge in [-0.25, -0.2) is 4.39 Å². The van der Waals surface area contributed by atoms with Crippen LogP contribution in [0.5, 0.6) is 5.75 Å². The van der Waals surface area contributed by atoms with E-state index in [-0.39, 0.29) is 29.4 Å². The summed E-state index contributed by atoms with van der Waals surface area (Å²) in [6.45, 7) is 4.26. The summed E-state index contributed by atoms with van der Waals surface area (Å²) >= 11 is 0. The largest absolute Gasteiger partial charge is 0.497 e. The van der Waals surface area contributed by atoms with Crippen LogP contribution in [0.25, 0.3) is 0 Å². The Labute approximate surface area is 205 Å². The normalized spacial score (nSPS) is 16.7. The maximum atomic E-state index is 12.3. The van der Waals surface area contributed by atoms with Gasteiger partial charge in [-0.2, -0.15) is 0 Å². The molecular weight excluding hydrogens is 455 g/mol. The van der Waals surface area contributed by atoms with Crippen molar-refractivity contribution in [2.45, 2.75) is 44.8 Å². The molecule has 1 aliphatic rings. The topological polar surface area (TPSA) is 125 Å². The first-order valence-electron chi connectivity index (χ1n) is 11.7. The van der Waals surface area contributed by atoms with E-state index in [1.807, 2.05) is 6.92 Å². The van der Waals surface area contributed by atoms with Crippen LogP contribution in [-0.4, -0.2) is 62.4 Å². The van der Waals surface area contributed by atoms with Gasteiger partial charge in [-0.3, -0.25) is 14.6 Å². The second-order valence-corrected chi connectivity index (χ2v) is 7.96. The fourth-order valence-electron chi connectivity index (χ4n) is 3.20. The van der Waals surface area contributed by atoms with E-state index in [4.69, 9.17) is 19.9 Å². The quantitative estimate of drug-likeness (QED) is 0.414. The molecule has 4 N–H and O–H groups in total. The number of amides is 2. The fraction of sp³-hybridized carbons (Fsp3) is 0.480. The molecule has 2 heterocycles. The summed E-state index contributed by atoms with van der Waals surface area (Å²) in [5.74, 6) is -0.195. The maximum absolute atomic E-state index is 12.3. The lowest BCUT2D eigenvalue weighted by Crippen LogP contribution is -2.28. The van der Waals surface area contributed by atoms with E-state index in [0.29, 0.717) is 50.6 Å². The Morgan fingerprint density at radius 1 is 1.20 bits per heavy atom. The number of nitrogens with two attached hydrogens (primary N) is 1. The lowest BCUT2D eigenvalue weighted by molar-refractivity contribution is -0.126. The number of aromatic nitrogens is 1. The molecule has 1 saturated heterocycles. The SMILES string of the molecule is CC1CCC(C(=O)Nc2ccnc(C(=O)NCCCOCCCN)c2)O1.COc1cccc(F)c1. The number of hydrogen-bond acceptors (Lipinski definition) is 7. The molecule has 0 bridgehead atoms. The van der Waals surface area contributed by atoms with Crippen molar-refractivity contribution in [2.75, 3.05) is 38.7 Å². The number of rotatable bonds is 11. The third-order valence-electron chi connectivity index (χ3n) is 5.06. The Balaban J connectivity index is 0.000000402. The Bertz CT molecular complexity index is 930. The van der Waals surface area contributed by atoms with Crippen LogP contribution in [0.2, 0.25) is 0 Å². The van der Waals surface area contributed by atoms with Gasteiger partial charge in [-0.15, -0.1) is 0 Å². The molecule has 2 aromatic rings. The molecule has 9 nitrogen and oxygen atoms in total. The Morgan fingerprint density at radius 3 is 2.66 bits per heavy atom. The Hall–Kier alpha value is -3.08. The van der Waals surface area contributed by atoms with Gasteiger partial charge in [0.2, 0.25) is 0 Å². The number of benzene rings is 1. The monoisotopic (exact) mass is 490 g/mol. The number of hydrogen-bond donors (Lipinski definition) is 3. The highest BCUT2D eigenvalue weighted by atomic mass is 19.1. The highest BCUT2D eigenvalue weighted by molar-refractivity contribution is 5.97. The van der Waals surface area contributed by atoms with Crippen LogP contribution in [-0.2, 0) is 14.3 Å². The van der Waals surface area contributed by atoms with Crippen LogP contribution in [0.3, 0.4) is 0 Å². The van der Waals surface area contributed by atoms with Crippen molar-refractivity contribution >= 4 is 17.5 Å². The molecule has 0 saturated carbocycles. The molecule has 0 aliphatic carbocycles. The molecule has 0 radical (unpaired) electrons. The Kier molecular flexibility index (Phi) is 12.7. The van der Waals surface area contributed by atoms with Crippen molar-refractivity contribution in [2.24, 2.45) is 5.73 Å². The minimum Gasteiger partial charge on any atom is -0.497 e. The summed E-state index contributed by atoms with van der Waals surface area (Å²) in [6.07, 6.45) is 4.29. The van der Waals surface area contributed by atoms with Gasteiger partial charge in [0, 0.05) is 37.7 Å². The summed E-state index contributed by atoms with van der Waals surface area (Å²) in [4.78, 5) is 28.4. The minimum absolute atomic E-state index is 0.101. The number of ether oxygens (including phenoxy) is 3. The molecule has 2 unspecified atom stereocenters. The van der Waals surface area contributed by atoms with Crippen molar-refractivity contribution in [3.63, 3.8) is 0 Å². The molecule has 1 aliphatic heterocycles. The van der Waals surface area contributed by atoms with E-state index >= 15 is 0 Å². The third-order valence-corrected chi connectivity index (χ3v) is 5.06. The zero-order valence-electron chi connectivity index (χ0n) is 20.3. The number of carbonyl (C=O) groups is 2. The lowest BCUT2D eigenvalue weighted by atomic mass is 10.2. The van der Waals surface area contributed by atoms with Crippen LogP contribution < -0.4 is 21.1 Å². The summed E-state index contributed by atoms with van der Waals surface area (Å²) in [5, 5.41) is 5.57. The summed E-state index contributed by atoms with van der Waals surface area (Å²) in [7, 11) is 1.51. The summed E-state index contributed by atoms with van der Waals surface area (Å²) < 4.78 is 28.0. The predicted molar refractivity (Wildman–Crippen MR) is 131 cm³/mol. The minimum atomic E-state index is -0.435. The summed E-state index contributed by atoms with van der Waals surface area (Å²) in [5.41, 5.74) is 6.17. The molecule has 2 amide bonds. The van der Waals surface area contributed by atoms with Crippen LogP contribution >= 0.6 is 0 Å². The number of anilines is 1. The summed E-state index contributed by atoms with van der Waals surface area (Å²) in [6, 6.07) is 9.22. The van der Waals surface area contributed by atoms with Crippen LogP contribution in [0.1, 0.15) is 43.1 Å². The molecular formula is C25H35FN4O5. The van der Waals surface area contributed by atoms with Crippen molar-refractivity contribution < 1.29 is 28.2 Å². The van der Waals surface area contributed by atoms with E-state index < -0.39 is 6.10 Å². The van der Waals surface area contributed by atoms with Gasteiger partial charge < -0.3 is 30.6 Å². The number of carbonyl (C=O) groups excluding carboxylic acids is 2. The molecule has 3 rings (SSSR count). The van der Waals surface area contributed by atoms with Gasteiger partial charge in [0.1, 0.15) is 23.4 Å². The lowest BCUT2D eigenvalue weighted by Gasteiger charge is -2.12. The third kappa shape index (κ3) is 10.8. The number of pyridine rings is 1. The zero-order chi connectivity index (χ0) is 25.5. The number of nitrogens with zero attached hydrogens (tertiary/aromatic N) is 1. The van der Waals surface area contributed by atoms with Crippen molar-refractivity contribution in [3.05, 3.63) is 54.1 Å². The molecule has 0 spiro atoms. The first-order chi connectivity index (χ1) is 16.9.